The van der Waals surface area contributed by atoms with Crippen LogP contribution in [0.5, 0.6) is 0 Å². The van der Waals surface area contributed by atoms with E-state index in [0.717, 1.165) is 16.8 Å². The van der Waals surface area contributed by atoms with E-state index in [1.54, 1.807) is 6.07 Å². The lowest BCUT2D eigenvalue weighted by atomic mass is 9.88. The Morgan fingerprint density at radius 3 is 2.63 bits per heavy atom. The van der Waals surface area contributed by atoms with Crippen molar-refractivity contribution in [2.45, 2.75) is 33.5 Å². The molecule has 1 aromatic carbocycles. The van der Waals surface area contributed by atoms with Crippen LogP contribution in [0.25, 0.3) is 11.3 Å². The predicted octanol–water partition coefficient (Wildman–Crippen LogP) is 4.25. The molecule has 0 bridgehead atoms. The fourth-order valence-corrected chi connectivity index (χ4v) is 2.20. The summed E-state index contributed by atoms with van der Waals surface area (Å²) in [4.78, 5) is 0. The van der Waals surface area contributed by atoms with Crippen LogP contribution in [-0.2, 0) is 7.05 Å². The molecule has 1 heterocycles. The second-order valence-corrected chi connectivity index (χ2v) is 4.98. The Morgan fingerprint density at radius 2 is 2.00 bits per heavy atom. The van der Waals surface area contributed by atoms with Gasteiger partial charge in [-0.25, -0.2) is 4.57 Å². The number of nitrogens with zero attached hydrogens (tertiary/aromatic N) is 1. The monoisotopic (exact) mass is 259 g/mol. The Balaban J connectivity index is 2.52. The third-order valence-electron chi connectivity index (χ3n) is 3.55. The quantitative estimate of drug-likeness (QED) is 0.726. The number of benzene rings is 1. The largest absolute Gasteiger partial charge is 0.212 e. The van der Waals surface area contributed by atoms with Gasteiger partial charge in [0.05, 0.1) is 0 Å². The minimum Gasteiger partial charge on any atom is -0.201 e. The zero-order chi connectivity index (χ0) is 18.3. The number of pyridine rings is 1. The van der Waals surface area contributed by atoms with E-state index in [2.05, 4.69) is 0 Å². The average Bonchev–Trinajstić information content (AvgIpc) is 2.46. The van der Waals surface area contributed by atoms with Crippen molar-refractivity contribution in [1.29, 1.82) is 0 Å². The van der Waals surface area contributed by atoms with Crippen molar-refractivity contribution in [2.24, 2.45) is 12.9 Å². The molecule has 1 heteroatoms. The third-order valence-corrected chi connectivity index (χ3v) is 3.55. The van der Waals surface area contributed by atoms with Gasteiger partial charge < -0.3 is 0 Å². The molecule has 0 saturated carbocycles. The maximum absolute atomic E-state index is 8.59. The van der Waals surface area contributed by atoms with E-state index in [9.17, 15) is 0 Å². The van der Waals surface area contributed by atoms with Gasteiger partial charge in [-0.2, -0.15) is 0 Å². The smallest absolute Gasteiger partial charge is 0.201 e. The lowest BCUT2D eigenvalue weighted by Crippen LogP contribution is -2.30. The second-order valence-electron chi connectivity index (χ2n) is 4.98. The molecule has 19 heavy (non-hydrogen) atoms. The van der Waals surface area contributed by atoms with E-state index in [1.165, 1.54) is 13.8 Å². The number of hydrogen-bond donors (Lipinski definition) is 0. The molecule has 2 rings (SSSR count). The maximum atomic E-state index is 8.59. The summed E-state index contributed by atoms with van der Waals surface area (Å²) in [6.45, 7) is 2.22. The van der Waals surface area contributed by atoms with Crippen LogP contribution < -0.4 is 4.57 Å². The Morgan fingerprint density at radius 1 is 1.21 bits per heavy atom. The van der Waals surface area contributed by atoms with Gasteiger partial charge in [0, 0.05) is 24.5 Å². The van der Waals surface area contributed by atoms with Gasteiger partial charge in [-0.15, -0.1) is 0 Å². The molecule has 0 N–H and O–H groups in total. The van der Waals surface area contributed by atoms with Crippen LogP contribution in [0, 0.1) is 12.8 Å². The van der Waals surface area contributed by atoms with Gasteiger partial charge in [0.25, 0.3) is 0 Å². The highest BCUT2D eigenvalue weighted by Crippen LogP contribution is 2.28. The molecule has 0 aliphatic heterocycles. The lowest BCUT2D eigenvalue weighted by Gasteiger charge is -2.17. The van der Waals surface area contributed by atoms with Crippen molar-refractivity contribution < 1.29 is 11.4 Å². The average molecular weight is 259 g/mol. The zero-order valence-corrected chi connectivity index (χ0v) is 12.0. The molecular formula is C18H24N+. The summed E-state index contributed by atoms with van der Waals surface area (Å²) in [5.74, 6) is -3.47. The standard InChI is InChI=1S/C18H24N/c1-13(2)15(4)16-9-10-17(14(3)12-16)18-8-6-7-11-19(18)5/h6-13,15H,1-5H3/q+1/i1D3,13D,15D. The van der Waals surface area contributed by atoms with Crippen LogP contribution in [0.2, 0.25) is 0 Å². The topological polar surface area (TPSA) is 3.88 Å². The highest BCUT2D eigenvalue weighted by Gasteiger charge is 2.14. The van der Waals surface area contributed by atoms with Crippen LogP contribution in [0.15, 0.2) is 42.6 Å². The summed E-state index contributed by atoms with van der Waals surface area (Å²) in [5, 5.41) is 0. The molecular weight excluding hydrogens is 230 g/mol. The van der Waals surface area contributed by atoms with Gasteiger partial charge in [0.2, 0.25) is 5.69 Å². The molecule has 0 aliphatic rings. The minimum atomic E-state index is -2.54. The third kappa shape index (κ3) is 2.86. The van der Waals surface area contributed by atoms with Gasteiger partial charge in [0.1, 0.15) is 7.05 Å². The Labute approximate surface area is 123 Å². The summed E-state index contributed by atoms with van der Waals surface area (Å²) >= 11 is 0. The van der Waals surface area contributed by atoms with Gasteiger partial charge >= 0.3 is 0 Å². The minimum absolute atomic E-state index is 0.538. The van der Waals surface area contributed by atoms with E-state index in [4.69, 9.17) is 6.85 Å². The molecule has 0 fully saturated rings. The van der Waals surface area contributed by atoms with Crippen LogP contribution >= 0.6 is 0 Å². The Kier molecular flexibility index (Phi) is 2.49. The van der Waals surface area contributed by atoms with Crippen molar-refractivity contribution in [3.05, 3.63) is 53.7 Å². The normalized spacial score (nSPS) is 22.0. The first-order valence-corrected chi connectivity index (χ1v) is 6.46. The van der Waals surface area contributed by atoms with E-state index in [0.29, 0.717) is 5.56 Å². The molecule has 1 aromatic heterocycles. The predicted molar refractivity (Wildman–Crippen MR) is 81.0 cm³/mol. The van der Waals surface area contributed by atoms with Crippen LogP contribution in [0.4, 0.5) is 0 Å². The molecule has 0 aliphatic carbocycles. The SMILES string of the molecule is [2H]C([2H])([2H])C([2H])(C)C([2H])(C)c1ccc(-c2cccc[n+]2C)c(C)c1. The van der Waals surface area contributed by atoms with Crippen LogP contribution in [0.3, 0.4) is 0 Å². The van der Waals surface area contributed by atoms with Crippen molar-refractivity contribution in [2.75, 3.05) is 0 Å². The van der Waals surface area contributed by atoms with Crippen LogP contribution in [0.1, 0.15) is 44.6 Å². The molecule has 0 spiro atoms. The molecule has 0 saturated heterocycles. The van der Waals surface area contributed by atoms with Gasteiger partial charge in [-0.3, -0.25) is 0 Å². The molecule has 2 atom stereocenters. The summed E-state index contributed by atoms with van der Waals surface area (Å²) in [6.07, 6.45) is 1.97. The van der Waals surface area contributed by atoms with Gasteiger partial charge in [-0.05, 0) is 42.0 Å². The van der Waals surface area contributed by atoms with E-state index in [1.807, 2.05) is 55.1 Å². The number of rotatable bonds is 3. The van der Waals surface area contributed by atoms with Crippen molar-refractivity contribution >= 4 is 0 Å². The molecule has 100 valence electrons. The highest BCUT2D eigenvalue weighted by atomic mass is 14.9. The van der Waals surface area contributed by atoms with E-state index < -0.39 is 18.6 Å². The molecule has 2 aromatic rings. The second kappa shape index (κ2) is 5.56. The maximum Gasteiger partial charge on any atom is 0.212 e. The summed E-state index contributed by atoms with van der Waals surface area (Å²) in [7, 11) is 1.97. The number of aromatic nitrogens is 1. The molecule has 0 amide bonds. The first kappa shape index (κ1) is 8.52. The first-order chi connectivity index (χ1) is 10.9. The molecule has 0 radical (unpaired) electrons. The van der Waals surface area contributed by atoms with Crippen molar-refractivity contribution in [1.82, 2.24) is 0 Å². The molecule has 2 unspecified atom stereocenters. The van der Waals surface area contributed by atoms with Gasteiger partial charge in [-0.1, -0.05) is 32.8 Å². The first-order valence-electron chi connectivity index (χ1n) is 8.96. The lowest BCUT2D eigenvalue weighted by molar-refractivity contribution is -0.660. The summed E-state index contributed by atoms with van der Waals surface area (Å²) in [6, 6.07) is 11.4. The van der Waals surface area contributed by atoms with Crippen molar-refractivity contribution in [3.8, 4) is 11.3 Å². The summed E-state index contributed by atoms with van der Waals surface area (Å²) in [5.41, 5.74) is 3.56. The Bertz CT molecular complexity index is 747. The highest BCUT2D eigenvalue weighted by molar-refractivity contribution is 5.61. The van der Waals surface area contributed by atoms with Crippen molar-refractivity contribution in [3.63, 3.8) is 0 Å². The Hall–Kier alpha value is -1.63. The fourth-order valence-electron chi connectivity index (χ4n) is 2.20. The van der Waals surface area contributed by atoms with Gasteiger partial charge in [0.15, 0.2) is 6.20 Å². The van der Waals surface area contributed by atoms with E-state index in [-0.39, 0.29) is 0 Å². The number of hydrogen-bond acceptors (Lipinski definition) is 0. The van der Waals surface area contributed by atoms with Crippen LogP contribution in [-0.4, -0.2) is 0 Å². The summed E-state index contributed by atoms with van der Waals surface area (Å²) < 4.78 is 41.7. The number of aryl methyl sites for hydroxylation is 2. The molecule has 1 nitrogen and oxygen atoms in total. The fraction of sp³-hybridized carbons (Fsp3) is 0.389. The zero-order valence-electron chi connectivity index (χ0n) is 17.0. The van der Waals surface area contributed by atoms with E-state index >= 15 is 0 Å².